The number of benzene rings is 2. The summed E-state index contributed by atoms with van der Waals surface area (Å²) in [6.07, 6.45) is 2.02. The number of hydrogen-bond donors (Lipinski definition) is 0. The van der Waals surface area contributed by atoms with E-state index in [0.717, 1.165) is 11.5 Å². The van der Waals surface area contributed by atoms with Gasteiger partial charge in [-0.3, -0.25) is 0 Å². The van der Waals surface area contributed by atoms with Crippen LogP contribution in [0.4, 0.5) is 0 Å². The van der Waals surface area contributed by atoms with E-state index in [1.165, 1.54) is 16.3 Å². The lowest BCUT2D eigenvalue weighted by molar-refractivity contribution is 0.426. The summed E-state index contributed by atoms with van der Waals surface area (Å²) in [6, 6.07) is 14.8. The maximum Gasteiger partial charge on any atom is 0.276 e. The van der Waals surface area contributed by atoms with Crippen molar-refractivity contribution in [2.24, 2.45) is 0 Å². The molecule has 0 aliphatic carbocycles. The van der Waals surface area contributed by atoms with Crippen molar-refractivity contribution in [1.82, 2.24) is 10.2 Å². The van der Waals surface area contributed by atoms with Crippen LogP contribution in [0.3, 0.4) is 0 Å². The molecule has 0 atom stereocenters. The van der Waals surface area contributed by atoms with Crippen molar-refractivity contribution < 1.29 is 4.42 Å². The molecule has 20 heavy (non-hydrogen) atoms. The number of fused-ring (bicyclic) bond motifs is 1. The van der Waals surface area contributed by atoms with Crippen LogP contribution in [0.2, 0.25) is 0 Å². The maximum absolute atomic E-state index is 5.58. The van der Waals surface area contributed by atoms with Crippen molar-refractivity contribution in [2.45, 2.75) is 16.7 Å². The van der Waals surface area contributed by atoms with Crippen molar-refractivity contribution in [1.29, 1.82) is 0 Å². The van der Waals surface area contributed by atoms with Gasteiger partial charge in [-0.25, -0.2) is 0 Å². The first-order valence-corrected chi connectivity index (χ1v) is 8.65. The Kier molecular flexibility index (Phi) is 4.28. The SMILES string of the molecule is CSCc1nnc(SCc2cccc3ccccc23)o1. The Hall–Kier alpha value is -1.46. The summed E-state index contributed by atoms with van der Waals surface area (Å²) in [5.41, 5.74) is 1.29. The van der Waals surface area contributed by atoms with Crippen molar-refractivity contribution in [3.63, 3.8) is 0 Å². The highest BCUT2D eigenvalue weighted by Crippen LogP contribution is 2.26. The van der Waals surface area contributed by atoms with Crippen LogP contribution in [0, 0.1) is 0 Å². The molecule has 3 nitrogen and oxygen atoms in total. The summed E-state index contributed by atoms with van der Waals surface area (Å²) in [5.74, 6) is 2.29. The molecule has 0 unspecified atom stereocenters. The lowest BCUT2D eigenvalue weighted by Gasteiger charge is -2.04. The van der Waals surface area contributed by atoms with E-state index in [-0.39, 0.29) is 0 Å². The summed E-state index contributed by atoms with van der Waals surface area (Å²) in [6.45, 7) is 0. The standard InChI is InChI=1S/C15H14N2OS2/c1-19-10-14-16-17-15(18-14)20-9-12-7-4-6-11-5-2-3-8-13(11)12/h2-8H,9-10H2,1H3. The number of rotatable bonds is 5. The van der Waals surface area contributed by atoms with E-state index in [1.54, 1.807) is 23.5 Å². The predicted octanol–water partition coefficient (Wildman–Crippen LogP) is 4.38. The van der Waals surface area contributed by atoms with Crippen LogP contribution in [-0.4, -0.2) is 16.5 Å². The molecule has 102 valence electrons. The van der Waals surface area contributed by atoms with Gasteiger partial charge in [0, 0.05) is 5.75 Å². The van der Waals surface area contributed by atoms with E-state index in [2.05, 4.69) is 52.7 Å². The van der Waals surface area contributed by atoms with Gasteiger partial charge in [-0.2, -0.15) is 11.8 Å². The fourth-order valence-corrected chi connectivity index (χ4v) is 3.18. The first kappa shape index (κ1) is 13.5. The molecule has 0 bridgehead atoms. The van der Waals surface area contributed by atoms with Crippen LogP contribution in [-0.2, 0) is 11.5 Å². The molecule has 0 saturated heterocycles. The molecule has 0 aliphatic rings. The number of aromatic nitrogens is 2. The molecule has 3 aromatic rings. The predicted molar refractivity (Wildman–Crippen MR) is 85.0 cm³/mol. The molecular weight excluding hydrogens is 288 g/mol. The summed E-state index contributed by atoms with van der Waals surface area (Å²) in [5, 5.41) is 11.3. The van der Waals surface area contributed by atoms with E-state index < -0.39 is 0 Å². The van der Waals surface area contributed by atoms with Gasteiger partial charge in [0.25, 0.3) is 5.22 Å². The fraction of sp³-hybridized carbons (Fsp3) is 0.200. The number of thioether (sulfide) groups is 2. The van der Waals surface area contributed by atoms with Crippen molar-refractivity contribution in [2.75, 3.05) is 6.26 Å². The highest BCUT2D eigenvalue weighted by molar-refractivity contribution is 7.98. The molecule has 0 spiro atoms. The van der Waals surface area contributed by atoms with Gasteiger partial charge in [-0.05, 0) is 22.6 Å². The molecule has 1 aromatic heterocycles. The van der Waals surface area contributed by atoms with Gasteiger partial charge in [0.2, 0.25) is 5.89 Å². The minimum absolute atomic E-state index is 0.641. The minimum atomic E-state index is 0.641. The van der Waals surface area contributed by atoms with Gasteiger partial charge in [-0.1, -0.05) is 54.2 Å². The zero-order valence-electron chi connectivity index (χ0n) is 11.1. The van der Waals surface area contributed by atoms with Crippen molar-refractivity contribution >= 4 is 34.3 Å². The van der Waals surface area contributed by atoms with Gasteiger partial charge in [-0.15, -0.1) is 10.2 Å². The van der Waals surface area contributed by atoms with Gasteiger partial charge in [0.05, 0.1) is 5.75 Å². The van der Waals surface area contributed by atoms with Crippen molar-refractivity contribution in [3.05, 3.63) is 53.9 Å². The zero-order chi connectivity index (χ0) is 13.8. The largest absolute Gasteiger partial charge is 0.415 e. The van der Waals surface area contributed by atoms with E-state index in [4.69, 9.17) is 4.42 Å². The van der Waals surface area contributed by atoms with Crippen LogP contribution in [0.5, 0.6) is 0 Å². The zero-order valence-corrected chi connectivity index (χ0v) is 12.7. The number of nitrogens with zero attached hydrogens (tertiary/aromatic N) is 2. The lowest BCUT2D eigenvalue weighted by Crippen LogP contribution is -1.84. The van der Waals surface area contributed by atoms with E-state index in [1.807, 2.05) is 6.26 Å². The first-order chi connectivity index (χ1) is 9.86. The van der Waals surface area contributed by atoms with E-state index in [0.29, 0.717) is 11.1 Å². The third-order valence-electron chi connectivity index (χ3n) is 2.95. The Bertz CT molecular complexity index is 706. The Labute approximate surface area is 126 Å². The average molecular weight is 302 g/mol. The molecule has 0 amide bonds. The molecule has 0 saturated carbocycles. The van der Waals surface area contributed by atoms with Crippen LogP contribution in [0.1, 0.15) is 11.5 Å². The summed E-state index contributed by atoms with van der Waals surface area (Å²) in [7, 11) is 0. The second kappa shape index (κ2) is 6.33. The lowest BCUT2D eigenvalue weighted by atomic mass is 10.1. The van der Waals surface area contributed by atoms with Crippen LogP contribution < -0.4 is 0 Å². The third-order valence-corrected chi connectivity index (χ3v) is 4.35. The van der Waals surface area contributed by atoms with Gasteiger partial charge in [0.1, 0.15) is 0 Å². The molecule has 0 fully saturated rings. The highest BCUT2D eigenvalue weighted by atomic mass is 32.2. The first-order valence-electron chi connectivity index (χ1n) is 6.27. The third kappa shape index (κ3) is 2.99. The highest BCUT2D eigenvalue weighted by Gasteiger charge is 2.07. The van der Waals surface area contributed by atoms with Crippen molar-refractivity contribution in [3.8, 4) is 0 Å². The Morgan fingerprint density at radius 3 is 2.75 bits per heavy atom. The topological polar surface area (TPSA) is 38.9 Å². The second-order valence-electron chi connectivity index (χ2n) is 4.32. The van der Waals surface area contributed by atoms with E-state index >= 15 is 0 Å². The molecule has 3 rings (SSSR count). The molecule has 0 N–H and O–H groups in total. The monoisotopic (exact) mass is 302 g/mol. The smallest absolute Gasteiger partial charge is 0.276 e. The molecular formula is C15H14N2OS2. The number of hydrogen-bond acceptors (Lipinski definition) is 5. The average Bonchev–Trinajstić information content (AvgIpc) is 2.93. The normalized spacial score (nSPS) is 11.1. The molecule has 0 radical (unpaired) electrons. The van der Waals surface area contributed by atoms with Gasteiger partial charge < -0.3 is 4.42 Å². The second-order valence-corrected chi connectivity index (χ2v) is 6.11. The summed E-state index contributed by atoms with van der Waals surface area (Å²) in [4.78, 5) is 0. The molecule has 0 aliphatic heterocycles. The van der Waals surface area contributed by atoms with Crippen LogP contribution in [0.15, 0.2) is 52.1 Å². The summed E-state index contributed by atoms with van der Waals surface area (Å²) >= 11 is 3.26. The van der Waals surface area contributed by atoms with Crippen LogP contribution >= 0.6 is 23.5 Å². The molecule has 5 heteroatoms. The van der Waals surface area contributed by atoms with Gasteiger partial charge in [0.15, 0.2) is 0 Å². The Balaban J connectivity index is 1.76. The molecule has 1 heterocycles. The quantitative estimate of drug-likeness (QED) is 0.654. The van der Waals surface area contributed by atoms with Gasteiger partial charge >= 0.3 is 0 Å². The fourth-order valence-electron chi connectivity index (χ4n) is 2.04. The molecule has 2 aromatic carbocycles. The Morgan fingerprint density at radius 2 is 1.85 bits per heavy atom. The van der Waals surface area contributed by atoms with E-state index in [9.17, 15) is 0 Å². The van der Waals surface area contributed by atoms with Crippen LogP contribution in [0.25, 0.3) is 10.8 Å². The Morgan fingerprint density at radius 1 is 1.00 bits per heavy atom. The maximum atomic E-state index is 5.58. The minimum Gasteiger partial charge on any atom is -0.415 e. The summed E-state index contributed by atoms with van der Waals surface area (Å²) < 4.78 is 5.58.